The molecule has 0 radical (unpaired) electrons. The second kappa shape index (κ2) is 14.9. The number of benzene rings is 1. The van der Waals surface area contributed by atoms with Crippen LogP contribution in [0.4, 0.5) is 0 Å². The van der Waals surface area contributed by atoms with E-state index in [1.165, 1.54) is 0 Å². The van der Waals surface area contributed by atoms with Crippen molar-refractivity contribution in [3.63, 3.8) is 0 Å². The molecule has 2 saturated heterocycles. The maximum absolute atomic E-state index is 13.5. The summed E-state index contributed by atoms with van der Waals surface area (Å²) in [5.74, 6) is -8.18. The van der Waals surface area contributed by atoms with E-state index in [1.54, 1.807) is 6.08 Å². The summed E-state index contributed by atoms with van der Waals surface area (Å²) in [5.41, 5.74) is -5.36. The predicted octanol–water partition coefficient (Wildman–Crippen LogP) is 2.56. The highest BCUT2D eigenvalue weighted by molar-refractivity contribution is 6.12. The van der Waals surface area contributed by atoms with Gasteiger partial charge >= 0.3 is 29.5 Å². The van der Waals surface area contributed by atoms with E-state index in [1.807, 2.05) is 51.1 Å². The van der Waals surface area contributed by atoms with Crippen molar-refractivity contribution in [3.8, 4) is 0 Å². The Hall–Kier alpha value is -3.58. The first-order chi connectivity index (χ1) is 21.6. The van der Waals surface area contributed by atoms with Gasteiger partial charge in [0.15, 0.2) is 12.2 Å². The van der Waals surface area contributed by atoms with Crippen LogP contribution >= 0.6 is 0 Å². The Kier molecular flexibility index (Phi) is 11.9. The lowest BCUT2D eigenvalue weighted by Gasteiger charge is -2.49. The number of methoxy groups -OCH3 is 2. The Morgan fingerprint density at radius 2 is 1.72 bits per heavy atom. The molecule has 0 amide bonds. The van der Waals surface area contributed by atoms with E-state index in [2.05, 4.69) is 13.5 Å². The quantitative estimate of drug-likeness (QED) is 0.0836. The molecule has 2 bridgehead atoms. The van der Waals surface area contributed by atoms with Crippen molar-refractivity contribution in [2.75, 3.05) is 14.2 Å². The molecule has 0 aromatic heterocycles. The second-order valence-electron chi connectivity index (χ2n) is 12.4. The van der Waals surface area contributed by atoms with Crippen LogP contribution in [0.5, 0.6) is 0 Å². The molecule has 3 N–H and O–H groups in total. The Morgan fingerprint density at radius 1 is 1.09 bits per heavy atom. The smallest absolute Gasteiger partial charge is 0.357 e. The first kappa shape index (κ1) is 36.9. The number of fused-ring (bicyclic) bond motifs is 2. The van der Waals surface area contributed by atoms with Gasteiger partial charge in [-0.3, -0.25) is 0 Å². The fourth-order valence-electron chi connectivity index (χ4n) is 6.07. The van der Waals surface area contributed by atoms with Crippen molar-refractivity contribution in [2.45, 2.75) is 95.1 Å². The van der Waals surface area contributed by atoms with Gasteiger partial charge in [0.25, 0.3) is 5.60 Å². The molecule has 12 heteroatoms. The standard InChI is InChI=1S/C34H46O12/c1-8-20(2)18-21(3)14-15-25(35)44-28-27(37)32(17-16-22(4)26(36)23(5)19-24-12-10-9-11-13-24)45-31(40)34(46-32,30(39)43-7)33(28,41)29(38)42-6/h9-15,20-21,23,26-28,36-37,41H,4,8,16-19H2,1-3,5-7H3/b15-14+/t20-,21+,23+,26+,27+,28+,32+,33-,34+/m0/s1. The third kappa shape index (κ3) is 6.90. The third-order valence-electron chi connectivity index (χ3n) is 8.96. The van der Waals surface area contributed by atoms with Gasteiger partial charge in [-0.1, -0.05) is 77.1 Å². The van der Waals surface area contributed by atoms with Crippen LogP contribution in [0.3, 0.4) is 0 Å². The van der Waals surface area contributed by atoms with Crippen molar-refractivity contribution in [1.82, 2.24) is 0 Å². The second-order valence-corrected chi connectivity index (χ2v) is 12.4. The highest BCUT2D eigenvalue weighted by Gasteiger charge is 2.86. The van der Waals surface area contributed by atoms with Gasteiger partial charge in [0.05, 0.1) is 20.3 Å². The summed E-state index contributed by atoms with van der Waals surface area (Å²) in [5, 5.41) is 34.4. The topological polar surface area (TPSA) is 175 Å². The average molecular weight is 647 g/mol. The van der Waals surface area contributed by atoms with Crippen LogP contribution in [0.1, 0.15) is 58.9 Å². The highest BCUT2D eigenvalue weighted by atomic mass is 16.8. The van der Waals surface area contributed by atoms with Gasteiger partial charge in [0, 0.05) is 12.5 Å². The number of ether oxygens (including phenoxy) is 5. The van der Waals surface area contributed by atoms with Crippen LogP contribution in [0.15, 0.2) is 54.6 Å². The number of aliphatic hydroxyl groups is 3. The van der Waals surface area contributed by atoms with Crippen LogP contribution in [0.2, 0.25) is 0 Å². The number of carbonyl (C=O) groups excluding carboxylic acids is 4. The minimum absolute atomic E-state index is 0.0443. The summed E-state index contributed by atoms with van der Waals surface area (Å²) in [6.45, 7) is 11.8. The summed E-state index contributed by atoms with van der Waals surface area (Å²) in [7, 11) is 1.74. The number of rotatable bonds is 15. The average Bonchev–Trinajstić information content (AvgIpc) is 3.35. The van der Waals surface area contributed by atoms with Crippen LogP contribution in [-0.2, 0) is 49.3 Å². The van der Waals surface area contributed by atoms with E-state index < -0.39 is 65.6 Å². The van der Waals surface area contributed by atoms with E-state index in [4.69, 9.17) is 23.7 Å². The molecule has 0 spiro atoms. The molecule has 1 aromatic carbocycles. The van der Waals surface area contributed by atoms with Gasteiger partial charge < -0.3 is 39.0 Å². The summed E-state index contributed by atoms with van der Waals surface area (Å²) in [6.07, 6.45) is -1.16. The molecule has 3 rings (SSSR count). The predicted molar refractivity (Wildman–Crippen MR) is 164 cm³/mol. The lowest BCUT2D eigenvalue weighted by atomic mass is 9.72. The molecule has 2 aliphatic rings. The molecule has 1 aromatic rings. The van der Waals surface area contributed by atoms with Crippen molar-refractivity contribution >= 4 is 23.9 Å². The van der Waals surface area contributed by atoms with Gasteiger partial charge in [0.1, 0.15) is 0 Å². The maximum atomic E-state index is 13.5. The van der Waals surface area contributed by atoms with Gasteiger partial charge in [-0.2, -0.15) is 0 Å². The largest absolute Gasteiger partial charge is 0.467 e. The van der Waals surface area contributed by atoms with Crippen LogP contribution in [0, 0.1) is 17.8 Å². The van der Waals surface area contributed by atoms with Crippen LogP contribution < -0.4 is 0 Å². The summed E-state index contributed by atoms with van der Waals surface area (Å²) in [6, 6.07) is 9.49. The molecule has 2 fully saturated rings. The molecule has 0 aliphatic carbocycles. The van der Waals surface area contributed by atoms with Gasteiger partial charge in [0.2, 0.25) is 5.79 Å². The number of esters is 4. The van der Waals surface area contributed by atoms with E-state index >= 15 is 0 Å². The van der Waals surface area contributed by atoms with E-state index in [-0.39, 0.29) is 18.3 Å². The highest BCUT2D eigenvalue weighted by Crippen LogP contribution is 2.54. The lowest BCUT2D eigenvalue weighted by Crippen LogP contribution is -2.79. The minimum Gasteiger partial charge on any atom is -0.467 e. The number of aliphatic hydroxyl groups excluding tert-OH is 2. The molecular formula is C34H46O12. The molecule has 2 aliphatic heterocycles. The van der Waals surface area contributed by atoms with Crippen LogP contribution in [-0.4, -0.2) is 88.7 Å². The molecular weight excluding hydrogens is 600 g/mol. The van der Waals surface area contributed by atoms with E-state index in [0.717, 1.165) is 38.7 Å². The third-order valence-corrected chi connectivity index (χ3v) is 8.96. The van der Waals surface area contributed by atoms with Gasteiger partial charge in [-0.15, -0.1) is 0 Å². The fraction of sp³-hybridized carbons (Fsp3) is 0.588. The number of allylic oxidation sites excluding steroid dienone is 1. The zero-order chi connectivity index (χ0) is 34.4. The number of carbonyl (C=O) groups is 4. The van der Waals surface area contributed by atoms with Crippen LogP contribution in [0.25, 0.3) is 0 Å². The number of hydrogen-bond donors (Lipinski definition) is 3. The first-order valence-corrected chi connectivity index (χ1v) is 15.4. The Morgan fingerprint density at radius 3 is 2.30 bits per heavy atom. The molecule has 254 valence electrons. The Labute approximate surface area is 269 Å². The summed E-state index contributed by atoms with van der Waals surface area (Å²) < 4.78 is 26.1. The Bertz CT molecular complexity index is 1310. The molecule has 46 heavy (non-hydrogen) atoms. The van der Waals surface area contributed by atoms with Gasteiger partial charge in [-0.05, 0) is 48.2 Å². The summed E-state index contributed by atoms with van der Waals surface area (Å²) >= 11 is 0. The first-order valence-electron chi connectivity index (χ1n) is 15.4. The van der Waals surface area contributed by atoms with Crippen molar-refractivity contribution in [3.05, 3.63) is 60.2 Å². The normalized spacial score (nSPS) is 29.7. The zero-order valence-electron chi connectivity index (χ0n) is 27.3. The van der Waals surface area contributed by atoms with Crippen molar-refractivity contribution < 1.29 is 58.2 Å². The fourth-order valence-corrected chi connectivity index (χ4v) is 6.07. The molecule has 9 atom stereocenters. The minimum atomic E-state index is -3.42. The lowest BCUT2D eigenvalue weighted by molar-refractivity contribution is -0.339. The van der Waals surface area contributed by atoms with Gasteiger partial charge in [-0.25, -0.2) is 19.2 Å². The SMILES string of the molecule is C=C(CC[C@@]12OC(=O)[C@@](C(=O)OC)(O1)[C@@](O)(C(=O)OC)[C@H](OC(=O)/C=C/[C@@H](C)C[C@@H](C)CC)[C@H]2O)[C@@H](O)[C@H](C)Cc1ccccc1. The summed E-state index contributed by atoms with van der Waals surface area (Å²) in [4.78, 5) is 52.9. The van der Waals surface area contributed by atoms with Crippen molar-refractivity contribution in [2.24, 2.45) is 17.8 Å². The number of hydrogen-bond acceptors (Lipinski definition) is 12. The van der Waals surface area contributed by atoms with E-state index in [0.29, 0.717) is 17.9 Å². The monoisotopic (exact) mass is 646 g/mol. The molecule has 0 saturated carbocycles. The molecule has 2 heterocycles. The van der Waals surface area contributed by atoms with Crippen molar-refractivity contribution in [1.29, 1.82) is 0 Å². The molecule has 0 unspecified atom stereocenters. The zero-order valence-corrected chi connectivity index (χ0v) is 27.3. The maximum Gasteiger partial charge on any atom is 0.357 e. The van der Waals surface area contributed by atoms with E-state index in [9.17, 15) is 34.5 Å². The Balaban J connectivity index is 1.95. The molecule has 12 nitrogen and oxygen atoms in total.